The summed E-state index contributed by atoms with van der Waals surface area (Å²) in [5.74, 6) is 5.82. The van der Waals surface area contributed by atoms with E-state index in [1.54, 1.807) is 45.4 Å². The van der Waals surface area contributed by atoms with Gasteiger partial charge < -0.3 is 91.6 Å². The first kappa shape index (κ1) is 95.9. The van der Waals surface area contributed by atoms with Crippen LogP contribution in [0.15, 0.2) is 54.3 Å². The minimum Gasteiger partial charge on any atom is -0.383 e. The molecule has 0 bridgehead atoms. The molecule has 11 aliphatic rings. The van der Waals surface area contributed by atoms with Crippen LogP contribution in [0.1, 0.15) is 109 Å². The number of hydrogen-bond acceptors (Lipinski definition) is 31. The zero-order valence-corrected chi connectivity index (χ0v) is 76.7. The van der Waals surface area contributed by atoms with Crippen molar-refractivity contribution in [2.24, 2.45) is 16.2 Å². The van der Waals surface area contributed by atoms with Crippen molar-refractivity contribution in [2.45, 2.75) is 178 Å². The van der Waals surface area contributed by atoms with Crippen LogP contribution in [0.3, 0.4) is 0 Å². The molecule has 15 heterocycles. The van der Waals surface area contributed by atoms with Crippen molar-refractivity contribution >= 4 is 68.7 Å². The number of morpholine rings is 5. The molecule has 10 aliphatic heterocycles. The highest BCUT2D eigenvalue weighted by Crippen LogP contribution is 2.51. The Balaban J connectivity index is 0.000000142. The highest BCUT2D eigenvalue weighted by atomic mass is 32.2. The van der Waals surface area contributed by atoms with Crippen LogP contribution in [0, 0.1) is 16.2 Å². The summed E-state index contributed by atoms with van der Waals surface area (Å²) < 4.78 is 121. The van der Waals surface area contributed by atoms with E-state index >= 15 is 0 Å². The van der Waals surface area contributed by atoms with Gasteiger partial charge in [-0.15, -0.1) is 0 Å². The third-order valence-electron chi connectivity index (χ3n) is 24.0. The van der Waals surface area contributed by atoms with Crippen LogP contribution in [0.25, 0.3) is 0 Å². The third kappa shape index (κ3) is 25.6. The summed E-state index contributed by atoms with van der Waals surface area (Å²) in [5.41, 5.74) is -0.0414. The lowest BCUT2D eigenvalue weighted by Gasteiger charge is -2.44. The van der Waals surface area contributed by atoms with E-state index < -0.39 is 33.4 Å². The fourth-order valence-corrected chi connectivity index (χ4v) is 17.7. The fourth-order valence-electron chi connectivity index (χ4n) is 17.2. The van der Waals surface area contributed by atoms with Crippen LogP contribution in [-0.2, 0) is 85.2 Å². The molecule has 16 rings (SSSR count). The van der Waals surface area contributed by atoms with Crippen molar-refractivity contribution in [1.29, 1.82) is 0 Å². The lowest BCUT2D eigenvalue weighted by atomic mass is 9.91. The number of methoxy groups -OCH3 is 1. The Morgan fingerprint density at radius 2 is 0.728 bits per heavy atom. The summed E-state index contributed by atoms with van der Waals surface area (Å²) in [6.07, 6.45) is 0.000397. The van der Waals surface area contributed by atoms with Crippen LogP contribution in [-0.4, -0.2) is 322 Å². The van der Waals surface area contributed by atoms with Crippen molar-refractivity contribution < 1.29 is 64.2 Å². The average Bonchev–Trinajstić information content (AvgIpc) is 1.63. The van der Waals surface area contributed by atoms with E-state index in [0.29, 0.717) is 125 Å². The molecule has 36 nitrogen and oxygen atoms in total. The first-order chi connectivity index (χ1) is 59.4. The van der Waals surface area contributed by atoms with Crippen LogP contribution in [0.4, 0.5) is 72.0 Å². The summed E-state index contributed by atoms with van der Waals surface area (Å²) in [7, 11) is -1.79. The number of sulfone groups is 1. The molecule has 6 fully saturated rings. The molecule has 125 heavy (non-hydrogen) atoms. The van der Waals surface area contributed by atoms with Crippen LogP contribution < -0.4 is 76.8 Å². The molecule has 40 heteroatoms. The zero-order valence-electron chi connectivity index (χ0n) is 75.9. The van der Waals surface area contributed by atoms with Gasteiger partial charge in [0.15, 0.2) is 0 Å². The summed E-state index contributed by atoms with van der Waals surface area (Å²) in [4.78, 5) is 107. The number of fused-ring (bicyclic) bond motifs is 5. The molecule has 0 N–H and O–H groups in total. The van der Waals surface area contributed by atoms with Crippen LogP contribution in [0.2, 0.25) is 0 Å². The van der Waals surface area contributed by atoms with Gasteiger partial charge in [-0.2, -0.15) is 38.1 Å². The molecular formula is C85H135F3N20O16S. The molecule has 5 saturated heterocycles. The number of aromatic nitrogens is 10. The van der Waals surface area contributed by atoms with Gasteiger partial charge in [0.25, 0.3) is 27.8 Å². The maximum absolute atomic E-state index is 13.5. The summed E-state index contributed by atoms with van der Waals surface area (Å²) in [5, 5.41) is 0. The van der Waals surface area contributed by atoms with Gasteiger partial charge in [-0.05, 0) is 81.1 Å². The highest BCUT2D eigenvalue weighted by Gasteiger charge is 2.50. The number of ether oxygens (including phenoxy) is 9. The minimum atomic E-state index is -4.56. The number of halogens is 3. The smallest absolute Gasteiger partial charge is 0.383 e. The third-order valence-corrected chi connectivity index (χ3v) is 24.9. The number of anilines is 10. The van der Waals surface area contributed by atoms with Crippen molar-refractivity contribution in [3.63, 3.8) is 0 Å². The van der Waals surface area contributed by atoms with Gasteiger partial charge in [0.1, 0.15) is 45.0 Å². The molecule has 0 radical (unpaired) electrons. The van der Waals surface area contributed by atoms with Gasteiger partial charge in [0.2, 0.25) is 29.7 Å². The molecule has 1 aliphatic carbocycles. The zero-order chi connectivity index (χ0) is 89.8. The quantitative estimate of drug-likeness (QED) is 0.0848. The van der Waals surface area contributed by atoms with Crippen LogP contribution in [0.5, 0.6) is 0 Å². The Morgan fingerprint density at radius 1 is 0.408 bits per heavy atom. The van der Waals surface area contributed by atoms with Crippen molar-refractivity contribution in [2.75, 3.05) is 278 Å². The monoisotopic (exact) mass is 1780 g/mol. The van der Waals surface area contributed by atoms with Gasteiger partial charge >= 0.3 is 6.18 Å². The van der Waals surface area contributed by atoms with Gasteiger partial charge in [-0.1, -0.05) is 27.7 Å². The predicted octanol–water partition coefficient (Wildman–Crippen LogP) is 4.79. The van der Waals surface area contributed by atoms with Crippen LogP contribution >= 0.6 is 0 Å². The molecule has 5 aromatic heterocycles. The van der Waals surface area contributed by atoms with E-state index in [1.807, 2.05) is 50.7 Å². The number of alkyl halides is 3. The molecule has 0 aromatic carbocycles. The fraction of sp³-hybridized carbons (Fsp3) is 0.765. The Kier molecular flexibility index (Phi) is 32.1. The Morgan fingerprint density at radius 3 is 1.07 bits per heavy atom. The first-order valence-electron chi connectivity index (χ1n) is 44.5. The topological polar surface area (TPSA) is 324 Å². The lowest BCUT2D eigenvalue weighted by Crippen LogP contribution is -2.54. The SMILES string of the molecule is CC(C)OCCN1CC(C)(C)Cn2c1nc(N1CCOCC1)cc2=O.CC(C)OCCN1CC2(CC2)Cn2c1nc(N1CCOCC1)cc2=O.CC(C)OCCN1c2nc(N3CCOCC3)cc(=O)n2CCC1(C)C.COCCN1CC(C)(C)Cn2c1nc(N1CCOCC1)cc2=O.CS(=O)(=O)CCN1c2nc(N3CCOCC3)cc(=O)n2CC[C@H]1C(F)(F)F. The summed E-state index contributed by atoms with van der Waals surface area (Å²) >= 11 is 0. The van der Waals surface area contributed by atoms with Gasteiger partial charge in [-0.25, -0.2) is 8.42 Å². The maximum atomic E-state index is 13.5. The van der Waals surface area contributed by atoms with Gasteiger partial charge in [0.05, 0.1) is 117 Å². The average molecular weight is 1780 g/mol. The van der Waals surface area contributed by atoms with E-state index in [0.717, 1.165) is 169 Å². The Labute approximate surface area is 731 Å². The second-order valence-corrected chi connectivity index (χ2v) is 39.3. The second-order valence-electron chi connectivity index (χ2n) is 37.0. The van der Waals surface area contributed by atoms with Gasteiger partial charge in [-0.3, -0.25) is 46.8 Å². The molecule has 1 spiro atoms. The van der Waals surface area contributed by atoms with E-state index in [9.17, 15) is 45.6 Å². The minimum absolute atomic E-state index is 0.0201. The molecule has 1 atom stereocenters. The van der Waals surface area contributed by atoms with Crippen molar-refractivity contribution in [1.82, 2.24) is 47.8 Å². The van der Waals surface area contributed by atoms with Crippen molar-refractivity contribution in [3.05, 3.63) is 82.1 Å². The number of rotatable bonds is 23. The molecular weight excluding hydrogens is 1650 g/mol. The first-order valence-corrected chi connectivity index (χ1v) is 46.5. The highest BCUT2D eigenvalue weighted by molar-refractivity contribution is 7.90. The largest absolute Gasteiger partial charge is 0.408 e. The Hall–Kier alpha value is -8.22. The normalized spacial score (nSPS) is 20.7. The second kappa shape index (κ2) is 41.9. The summed E-state index contributed by atoms with van der Waals surface area (Å²) in [6, 6.07) is 6.10. The van der Waals surface area contributed by atoms with E-state index in [4.69, 9.17) is 62.6 Å². The molecule has 5 aromatic rings. The molecule has 0 amide bonds. The molecule has 0 unspecified atom stereocenters. The van der Waals surface area contributed by atoms with E-state index in [1.165, 1.54) is 23.5 Å². The van der Waals surface area contributed by atoms with Crippen molar-refractivity contribution in [3.8, 4) is 0 Å². The van der Waals surface area contributed by atoms with E-state index in [2.05, 4.69) is 85.7 Å². The molecule has 1 saturated carbocycles. The number of hydrogen-bond donors (Lipinski definition) is 0. The van der Waals surface area contributed by atoms with Gasteiger partial charge in [0, 0.05) is 216 Å². The van der Waals surface area contributed by atoms with E-state index in [-0.39, 0.29) is 93.6 Å². The lowest BCUT2D eigenvalue weighted by molar-refractivity contribution is -0.152. The Bertz CT molecular complexity index is 4720. The summed E-state index contributed by atoms with van der Waals surface area (Å²) in [6.45, 7) is 49.5. The maximum Gasteiger partial charge on any atom is 0.408 e. The predicted molar refractivity (Wildman–Crippen MR) is 476 cm³/mol. The molecule has 698 valence electrons. The number of nitrogens with zero attached hydrogens (tertiary/aromatic N) is 20. The standard InChI is InChI=1S/C18H28N4O3.2C18H30N4O3.C16H26N4O3.C15H21F3N4O4S/c1-14(2)25-10-7-21-12-18(3-4-18)13-22-16(23)11-15(19-17(21)22)20-5-8-24-9-6-20;1-14(2)25-10-7-21-12-18(3,4)13-22-16(23)11-15(19-17(21)22)20-5-8-24-9-6-20;1-14(2)25-12-9-22-17-19-15(20-7-10-24-11-8-20)13-16(23)21(17)6-5-18(22,3)4;1-16(2)11-19(4-7-22-3)15-17-13(10-14(21)20(15)12-16)18-5-8-23-9-6-18;1-27(24,25)9-6-21-11(15(16,17)18)2-3-22-13(23)10-12(19-14(21)22)20-4-7-26-8-5-20/h11,14H,3-10,12-13H2,1-2H3;11,14H,5-10,12-13H2,1-4H3;13-14H,5-12H2,1-4H3;10H,4-9,11-12H2,1-3H3;10-11H,2-9H2,1H3/t;;;;11-/m....0/s1.